The summed E-state index contributed by atoms with van der Waals surface area (Å²) in [6, 6.07) is 4.61. The molecule has 1 atom stereocenters. The largest absolute Gasteiger partial charge is 0.380 e. The van der Waals surface area contributed by atoms with Crippen LogP contribution in [0.5, 0.6) is 0 Å². The lowest BCUT2D eigenvalue weighted by atomic mass is 9.88. The van der Waals surface area contributed by atoms with E-state index >= 15 is 0 Å². The van der Waals surface area contributed by atoms with Gasteiger partial charge in [0.05, 0.1) is 4.92 Å². The smallest absolute Gasteiger partial charge is 0.305 e. The highest BCUT2D eigenvalue weighted by Crippen LogP contribution is 2.29. The van der Waals surface area contributed by atoms with Crippen LogP contribution in [0.4, 0.5) is 11.4 Å². The van der Waals surface area contributed by atoms with Crippen LogP contribution in [0.2, 0.25) is 0 Å². The van der Waals surface area contributed by atoms with Crippen molar-refractivity contribution in [1.29, 1.82) is 0 Å². The maximum absolute atomic E-state index is 12.3. The summed E-state index contributed by atoms with van der Waals surface area (Å²) in [4.78, 5) is 23.1. The molecule has 0 aliphatic rings. The molecule has 1 aromatic carbocycles. The number of anilines is 1. The van der Waals surface area contributed by atoms with Crippen molar-refractivity contribution in [3.63, 3.8) is 0 Å². The van der Waals surface area contributed by atoms with Crippen molar-refractivity contribution in [2.75, 3.05) is 11.9 Å². The lowest BCUT2D eigenvalue weighted by Gasteiger charge is -2.28. The predicted octanol–water partition coefficient (Wildman–Crippen LogP) is 3.19. The van der Waals surface area contributed by atoms with E-state index in [0.717, 1.165) is 0 Å². The molecule has 1 aromatic rings. The minimum absolute atomic E-state index is 0.0783. The third-order valence-electron chi connectivity index (χ3n) is 3.48. The van der Waals surface area contributed by atoms with Gasteiger partial charge in [0.15, 0.2) is 0 Å². The second kappa shape index (κ2) is 6.56. The summed E-state index contributed by atoms with van der Waals surface area (Å²) in [5.74, 6) is -0.427. The average Bonchev–Trinajstić information content (AvgIpc) is 2.37. The number of carbonyl (C=O) groups excluding carboxylic acids is 1. The second-order valence-electron chi connectivity index (χ2n) is 6.05. The summed E-state index contributed by atoms with van der Waals surface area (Å²) in [5.41, 5.74) is 0.134. The number of nitrogens with zero attached hydrogens (tertiary/aromatic N) is 1. The number of para-hydroxylation sites is 1. The van der Waals surface area contributed by atoms with Gasteiger partial charge < -0.3 is 10.6 Å². The first-order valence-electron chi connectivity index (χ1n) is 7.00. The highest BCUT2D eigenvalue weighted by molar-refractivity contribution is 6.00. The highest BCUT2D eigenvalue weighted by Gasteiger charge is 2.27. The number of hydrogen-bond donors (Lipinski definition) is 2. The van der Waals surface area contributed by atoms with Gasteiger partial charge in [-0.05, 0) is 31.4 Å². The normalized spacial score (nSPS) is 12.6. The first kappa shape index (κ1) is 16.9. The van der Waals surface area contributed by atoms with Crippen molar-refractivity contribution in [3.05, 3.63) is 33.9 Å². The molecule has 0 heterocycles. The van der Waals surface area contributed by atoms with E-state index in [4.69, 9.17) is 0 Å². The quantitative estimate of drug-likeness (QED) is 0.645. The molecule has 0 bridgehead atoms. The van der Waals surface area contributed by atoms with E-state index in [1.165, 1.54) is 6.07 Å². The van der Waals surface area contributed by atoms with Crippen molar-refractivity contribution >= 4 is 17.3 Å². The van der Waals surface area contributed by atoms with Crippen LogP contribution < -0.4 is 10.6 Å². The summed E-state index contributed by atoms with van der Waals surface area (Å²) in [7, 11) is 0. The van der Waals surface area contributed by atoms with Crippen LogP contribution in [0.1, 0.15) is 45.0 Å². The number of rotatable bonds is 5. The molecule has 1 amide bonds. The molecule has 6 nitrogen and oxygen atoms in total. The molecule has 116 valence electrons. The van der Waals surface area contributed by atoms with E-state index in [0.29, 0.717) is 12.2 Å². The Hall–Kier alpha value is -2.11. The Kier molecular flexibility index (Phi) is 5.29. The SMILES string of the molecule is CCNc1cccc(C(=O)NC(C)C(C)(C)C)c1[N+](=O)[O-]. The van der Waals surface area contributed by atoms with Gasteiger partial charge in [0.25, 0.3) is 5.91 Å². The van der Waals surface area contributed by atoms with E-state index in [-0.39, 0.29) is 22.7 Å². The molecule has 1 rings (SSSR count). The molecule has 0 saturated carbocycles. The Bertz CT molecular complexity index is 535. The van der Waals surface area contributed by atoms with Gasteiger partial charge in [-0.25, -0.2) is 0 Å². The molecule has 0 aliphatic carbocycles. The fraction of sp³-hybridized carbons (Fsp3) is 0.533. The van der Waals surface area contributed by atoms with Crippen molar-refractivity contribution in [1.82, 2.24) is 5.32 Å². The van der Waals surface area contributed by atoms with Crippen molar-refractivity contribution in [2.45, 2.75) is 40.7 Å². The van der Waals surface area contributed by atoms with E-state index in [1.54, 1.807) is 12.1 Å². The summed E-state index contributed by atoms with van der Waals surface area (Å²) in [5, 5.41) is 17.0. The zero-order valence-corrected chi connectivity index (χ0v) is 13.2. The minimum Gasteiger partial charge on any atom is -0.380 e. The number of nitrogens with one attached hydrogen (secondary N) is 2. The van der Waals surface area contributed by atoms with E-state index < -0.39 is 10.8 Å². The molecule has 0 fully saturated rings. The van der Waals surface area contributed by atoms with Crippen LogP contribution in [-0.4, -0.2) is 23.4 Å². The molecular weight excluding hydrogens is 270 g/mol. The van der Waals surface area contributed by atoms with Gasteiger partial charge in [0.2, 0.25) is 0 Å². The number of nitro groups is 1. The zero-order chi connectivity index (χ0) is 16.2. The average molecular weight is 293 g/mol. The molecule has 0 aliphatic heterocycles. The van der Waals surface area contributed by atoms with Crippen molar-refractivity contribution in [3.8, 4) is 0 Å². The number of nitro benzene ring substituents is 1. The summed E-state index contributed by atoms with van der Waals surface area (Å²) in [6.45, 7) is 10.3. The summed E-state index contributed by atoms with van der Waals surface area (Å²) >= 11 is 0. The first-order valence-corrected chi connectivity index (χ1v) is 7.00. The van der Waals surface area contributed by atoms with Crippen molar-refractivity contribution < 1.29 is 9.72 Å². The fourth-order valence-corrected chi connectivity index (χ4v) is 1.75. The lowest BCUT2D eigenvalue weighted by Crippen LogP contribution is -2.41. The van der Waals surface area contributed by atoms with Crippen LogP contribution in [-0.2, 0) is 0 Å². The van der Waals surface area contributed by atoms with Gasteiger partial charge in [-0.15, -0.1) is 0 Å². The topological polar surface area (TPSA) is 84.3 Å². The van der Waals surface area contributed by atoms with Gasteiger partial charge in [-0.2, -0.15) is 0 Å². The van der Waals surface area contributed by atoms with Gasteiger partial charge in [0, 0.05) is 12.6 Å². The second-order valence-corrected chi connectivity index (χ2v) is 6.05. The molecule has 21 heavy (non-hydrogen) atoms. The standard InChI is InChI=1S/C15H23N3O3/c1-6-16-12-9-7-8-11(13(12)18(20)21)14(19)17-10(2)15(3,4)5/h7-10,16H,6H2,1-5H3,(H,17,19). The molecule has 0 spiro atoms. The Morgan fingerprint density at radius 1 is 1.38 bits per heavy atom. The maximum atomic E-state index is 12.3. The maximum Gasteiger partial charge on any atom is 0.305 e. The van der Waals surface area contributed by atoms with E-state index in [2.05, 4.69) is 10.6 Å². The van der Waals surface area contributed by atoms with Gasteiger partial charge >= 0.3 is 5.69 Å². The molecule has 6 heteroatoms. The van der Waals surface area contributed by atoms with Crippen molar-refractivity contribution in [2.24, 2.45) is 5.41 Å². The molecular formula is C15H23N3O3. The van der Waals surface area contributed by atoms with Gasteiger partial charge in [-0.3, -0.25) is 14.9 Å². The predicted molar refractivity (Wildman–Crippen MR) is 83.6 cm³/mol. The molecule has 0 saturated heterocycles. The van der Waals surface area contributed by atoms with Gasteiger partial charge in [-0.1, -0.05) is 26.8 Å². The number of benzene rings is 1. The Morgan fingerprint density at radius 2 is 2.00 bits per heavy atom. The van der Waals surface area contributed by atoms with Crippen LogP contribution in [0.15, 0.2) is 18.2 Å². The van der Waals surface area contributed by atoms with Crippen LogP contribution in [0.25, 0.3) is 0 Å². The van der Waals surface area contributed by atoms with Crippen LogP contribution in [0, 0.1) is 15.5 Å². The Morgan fingerprint density at radius 3 is 2.48 bits per heavy atom. The van der Waals surface area contributed by atoms with E-state index in [1.807, 2.05) is 34.6 Å². The third kappa shape index (κ3) is 4.18. The minimum atomic E-state index is -0.519. The number of carbonyl (C=O) groups is 1. The van der Waals surface area contributed by atoms with Gasteiger partial charge in [0.1, 0.15) is 11.3 Å². The highest BCUT2D eigenvalue weighted by atomic mass is 16.6. The van der Waals surface area contributed by atoms with Crippen LogP contribution in [0.3, 0.4) is 0 Å². The molecule has 0 radical (unpaired) electrons. The zero-order valence-electron chi connectivity index (χ0n) is 13.2. The molecule has 1 unspecified atom stereocenters. The third-order valence-corrected chi connectivity index (χ3v) is 3.48. The monoisotopic (exact) mass is 293 g/mol. The van der Waals surface area contributed by atoms with E-state index in [9.17, 15) is 14.9 Å². The summed E-state index contributed by atoms with van der Waals surface area (Å²) < 4.78 is 0. The first-order chi connectivity index (χ1) is 9.68. The Balaban J connectivity index is 3.15. The molecule has 0 aromatic heterocycles. The Labute approximate surface area is 125 Å². The number of amides is 1. The molecule has 2 N–H and O–H groups in total. The van der Waals surface area contributed by atoms with Crippen LogP contribution >= 0.6 is 0 Å². The lowest BCUT2D eigenvalue weighted by molar-refractivity contribution is -0.384. The number of hydrogen-bond acceptors (Lipinski definition) is 4. The summed E-state index contributed by atoms with van der Waals surface area (Å²) in [6.07, 6.45) is 0. The fourth-order valence-electron chi connectivity index (χ4n) is 1.75.